The lowest BCUT2D eigenvalue weighted by atomic mass is 10.2. The number of halogens is 1. The molecule has 0 bridgehead atoms. The van der Waals surface area contributed by atoms with Crippen LogP contribution in [0.1, 0.15) is 12.5 Å². The van der Waals surface area contributed by atoms with Crippen LogP contribution in [0.3, 0.4) is 0 Å². The van der Waals surface area contributed by atoms with E-state index in [1.807, 2.05) is 24.0 Å². The smallest absolute Gasteiger partial charge is 0.0992 e. The Labute approximate surface area is 98.6 Å². The van der Waals surface area contributed by atoms with Gasteiger partial charge in [0.15, 0.2) is 0 Å². The van der Waals surface area contributed by atoms with E-state index in [1.54, 1.807) is 6.07 Å². The van der Waals surface area contributed by atoms with E-state index >= 15 is 0 Å². The highest BCUT2D eigenvalue weighted by molar-refractivity contribution is 9.10. The Hall–Kier alpha value is -1.45. The molecule has 0 spiro atoms. The molecule has 0 radical (unpaired) electrons. The predicted octanol–water partition coefficient (Wildman–Crippen LogP) is 2.78. The van der Waals surface area contributed by atoms with Gasteiger partial charge < -0.3 is 4.90 Å². The number of nitrogens with zero attached hydrogens (tertiary/aromatic N) is 2. The van der Waals surface area contributed by atoms with Gasteiger partial charge in [-0.1, -0.05) is 21.9 Å². The summed E-state index contributed by atoms with van der Waals surface area (Å²) < 4.78 is 0.895. The molecule has 0 heterocycles. The number of rotatable bonds is 3. The van der Waals surface area contributed by atoms with Gasteiger partial charge in [-0.2, -0.15) is 5.26 Å². The fraction of sp³-hybridized carbons (Fsp3) is 0.250. The average molecular weight is 263 g/mol. The Kier molecular flexibility index (Phi) is 4.21. The SMILES string of the molecule is C#CCN(CC)c1cc(Br)cc(C#N)c1. The highest BCUT2D eigenvalue weighted by Gasteiger charge is 2.05. The van der Waals surface area contributed by atoms with Crippen LogP contribution in [-0.4, -0.2) is 13.1 Å². The zero-order valence-corrected chi connectivity index (χ0v) is 10.1. The van der Waals surface area contributed by atoms with Gasteiger partial charge in [0.2, 0.25) is 0 Å². The van der Waals surface area contributed by atoms with Crippen LogP contribution in [-0.2, 0) is 0 Å². The van der Waals surface area contributed by atoms with Gasteiger partial charge in [-0.15, -0.1) is 6.42 Å². The fourth-order valence-electron chi connectivity index (χ4n) is 1.32. The molecule has 1 rings (SSSR count). The second-order valence-corrected chi connectivity index (χ2v) is 3.94. The Bertz CT molecular complexity index is 426. The van der Waals surface area contributed by atoms with Gasteiger partial charge in [0.1, 0.15) is 0 Å². The first-order valence-corrected chi connectivity index (χ1v) is 5.39. The van der Waals surface area contributed by atoms with Crippen molar-refractivity contribution in [3.8, 4) is 18.4 Å². The third kappa shape index (κ3) is 3.01. The molecule has 0 aromatic heterocycles. The summed E-state index contributed by atoms with van der Waals surface area (Å²) >= 11 is 3.37. The standard InChI is InChI=1S/C12H11BrN2/c1-3-5-15(4-2)12-7-10(9-14)6-11(13)8-12/h1,6-8H,4-5H2,2H3. The number of hydrogen-bond acceptors (Lipinski definition) is 2. The molecular weight excluding hydrogens is 252 g/mol. The lowest BCUT2D eigenvalue weighted by molar-refractivity contribution is 0.917. The summed E-state index contributed by atoms with van der Waals surface area (Å²) in [5.41, 5.74) is 1.61. The molecule has 0 N–H and O–H groups in total. The van der Waals surface area contributed by atoms with E-state index in [9.17, 15) is 0 Å². The monoisotopic (exact) mass is 262 g/mol. The molecule has 0 aliphatic carbocycles. The summed E-state index contributed by atoms with van der Waals surface area (Å²) in [6.45, 7) is 3.41. The van der Waals surface area contributed by atoms with Crippen molar-refractivity contribution >= 4 is 21.6 Å². The average Bonchev–Trinajstić information content (AvgIpc) is 2.24. The molecule has 76 valence electrons. The second-order valence-electron chi connectivity index (χ2n) is 3.03. The molecule has 0 fully saturated rings. The van der Waals surface area contributed by atoms with Gasteiger partial charge in [0, 0.05) is 16.7 Å². The molecule has 2 nitrogen and oxygen atoms in total. The summed E-state index contributed by atoms with van der Waals surface area (Å²) in [5, 5.41) is 8.84. The number of benzene rings is 1. The maximum Gasteiger partial charge on any atom is 0.0992 e. The number of anilines is 1. The second kappa shape index (κ2) is 5.44. The zero-order valence-electron chi connectivity index (χ0n) is 8.50. The molecule has 0 aliphatic rings. The van der Waals surface area contributed by atoms with Crippen LogP contribution in [0.25, 0.3) is 0 Å². The van der Waals surface area contributed by atoms with Gasteiger partial charge in [-0.3, -0.25) is 0 Å². The van der Waals surface area contributed by atoms with Crippen molar-refractivity contribution in [1.82, 2.24) is 0 Å². The van der Waals surface area contributed by atoms with Gasteiger partial charge in [0.25, 0.3) is 0 Å². The van der Waals surface area contributed by atoms with Crippen molar-refractivity contribution in [3.63, 3.8) is 0 Å². The van der Waals surface area contributed by atoms with E-state index in [-0.39, 0.29) is 0 Å². The molecule has 0 saturated carbocycles. The van der Waals surface area contributed by atoms with Crippen molar-refractivity contribution in [1.29, 1.82) is 5.26 Å². The molecule has 1 aromatic rings. The normalized spacial score (nSPS) is 9.07. The summed E-state index contributed by atoms with van der Waals surface area (Å²) in [5.74, 6) is 2.60. The molecule has 1 aromatic carbocycles. The molecule has 15 heavy (non-hydrogen) atoms. The number of terminal acetylenes is 1. The minimum atomic E-state index is 0.553. The van der Waals surface area contributed by atoms with Gasteiger partial charge in [-0.25, -0.2) is 0 Å². The van der Waals surface area contributed by atoms with Crippen molar-refractivity contribution in [2.24, 2.45) is 0 Å². The van der Waals surface area contributed by atoms with Crippen molar-refractivity contribution in [3.05, 3.63) is 28.2 Å². The van der Waals surface area contributed by atoms with Crippen LogP contribution >= 0.6 is 15.9 Å². The van der Waals surface area contributed by atoms with Gasteiger partial charge in [0.05, 0.1) is 18.2 Å². The van der Waals surface area contributed by atoms with Crippen molar-refractivity contribution in [2.75, 3.05) is 18.0 Å². The first-order valence-electron chi connectivity index (χ1n) is 4.60. The third-order valence-electron chi connectivity index (χ3n) is 2.04. The van der Waals surface area contributed by atoms with Crippen LogP contribution < -0.4 is 4.90 Å². The Morgan fingerprint density at radius 3 is 2.73 bits per heavy atom. The lowest BCUT2D eigenvalue weighted by Gasteiger charge is -2.20. The van der Waals surface area contributed by atoms with Gasteiger partial charge in [-0.05, 0) is 25.1 Å². The van der Waals surface area contributed by atoms with Crippen molar-refractivity contribution < 1.29 is 0 Å². The van der Waals surface area contributed by atoms with Crippen LogP contribution in [0.4, 0.5) is 5.69 Å². The quantitative estimate of drug-likeness (QED) is 0.784. The summed E-state index contributed by atoms with van der Waals surface area (Å²) in [7, 11) is 0. The minimum absolute atomic E-state index is 0.553. The molecule has 0 atom stereocenters. The van der Waals surface area contributed by atoms with Crippen LogP contribution in [0.2, 0.25) is 0 Å². The largest absolute Gasteiger partial charge is 0.361 e. The van der Waals surface area contributed by atoms with Crippen molar-refractivity contribution in [2.45, 2.75) is 6.92 Å². The Morgan fingerprint density at radius 2 is 2.20 bits per heavy atom. The third-order valence-corrected chi connectivity index (χ3v) is 2.50. The summed E-state index contributed by atoms with van der Waals surface area (Å²) in [6.07, 6.45) is 5.28. The predicted molar refractivity (Wildman–Crippen MR) is 65.6 cm³/mol. The van der Waals surface area contributed by atoms with Gasteiger partial charge >= 0.3 is 0 Å². The summed E-state index contributed by atoms with van der Waals surface area (Å²) in [6, 6.07) is 7.70. The molecular formula is C12H11BrN2. The molecule has 0 amide bonds. The van der Waals surface area contributed by atoms with E-state index < -0.39 is 0 Å². The Balaban J connectivity index is 3.08. The number of hydrogen-bond donors (Lipinski definition) is 0. The van der Waals surface area contributed by atoms with E-state index in [4.69, 9.17) is 11.7 Å². The Morgan fingerprint density at radius 1 is 1.47 bits per heavy atom. The molecule has 0 unspecified atom stereocenters. The summed E-state index contributed by atoms with van der Waals surface area (Å²) in [4.78, 5) is 2.03. The van der Waals surface area contributed by atoms with Crippen LogP contribution in [0.15, 0.2) is 22.7 Å². The minimum Gasteiger partial charge on any atom is -0.361 e. The highest BCUT2D eigenvalue weighted by Crippen LogP contribution is 2.22. The zero-order chi connectivity index (χ0) is 11.3. The van der Waals surface area contributed by atoms with Crippen LogP contribution in [0.5, 0.6) is 0 Å². The topological polar surface area (TPSA) is 27.0 Å². The van der Waals surface area contributed by atoms with Crippen LogP contribution in [0, 0.1) is 23.7 Å². The van der Waals surface area contributed by atoms with E-state index in [1.165, 1.54) is 0 Å². The lowest BCUT2D eigenvalue weighted by Crippen LogP contribution is -2.22. The molecule has 3 heteroatoms. The molecule has 0 saturated heterocycles. The fourth-order valence-corrected chi connectivity index (χ4v) is 1.80. The van der Waals surface area contributed by atoms with E-state index in [2.05, 4.69) is 27.9 Å². The maximum atomic E-state index is 8.84. The number of nitriles is 1. The van der Waals surface area contributed by atoms with E-state index in [0.717, 1.165) is 16.7 Å². The first-order chi connectivity index (χ1) is 7.21. The highest BCUT2D eigenvalue weighted by atomic mass is 79.9. The molecule has 0 aliphatic heterocycles. The maximum absolute atomic E-state index is 8.84. The first kappa shape index (κ1) is 11.6. The van der Waals surface area contributed by atoms with E-state index in [0.29, 0.717) is 12.1 Å².